The van der Waals surface area contributed by atoms with Crippen LogP contribution in [0.5, 0.6) is 5.75 Å². The van der Waals surface area contributed by atoms with Gasteiger partial charge in [0.15, 0.2) is 23.3 Å². The van der Waals surface area contributed by atoms with Gasteiger partial charge in [-0.2, -0.15) is 0 Å². The summed E-state index contributed by atoms with van der Waals surface area (Å²) in [7, 11) is 0. The van der Waals surface area contributed by atoms with Gasteiger partial charge in [-0.05, 0) is 25.0 Å². The van der Waals surface area contributed by atoms with Crippen LogP contribution in [0, 0.1) is 11.7 Å². The predicted molar refractivity (Wildman–Crippen MR) is 91.9 cm³/mol. The summed E-state index contributed by atoms with van der Waals surface area (Å²) in [6.45, 7) is 0.752. The topological polar surface area (TPSA) is 71.5 Å². The second-order valence-electron chi connectivity index (χ2n) is 5.70. The van der Waals surface area contributed by atoms with Crippen LogP contribution >= 0.6 is 11.3 Å². The van der Waals surface area contributed by atoms with Gasteiger partial charge in [-0.3, -0.25) is 9.59 Å². The lowest BCUT2D eigenvalue weighted by Crippen LogP contribution is -2.43. The Morgan fingerprint density at radius 1 is 1.32 bits per heavy atom. The number of aromatic nitrogens is 1. The van der Waals surface area contributed by atoms with Crippen LogP contribution in [0.3, 0.4) is 0 Å². The Hall–Kier alpha value is -2.48. The lowest BCUT2D eigenvalue weighted by molar-refractivity contribution is -0.136. The molecular weight excluding hydrogens is 345 g/mol. The van der Waals surface area contributed by atoms with Gasteiger partial charge in [0.25, 0.3) is 5.91 Å². The molecule has 2 amide bonds. The first-order chi connectivity index (χ1) is 12.1. The third-order valence-electron chi connectivity index (χ3n) is 4.07. The fourth-order valence-corrected chi connectivity index (χ4v) is 3.21. The summed E-state index contributed by atoms with van der Waals surface area (Å²) in [5, 5.41) is 5.17. The first-order valence-electron chi connectivity index (χ1n) is 7.99. The lowest BCUT2D eigenvalue weighted by atomic mass is 9.96. The number of piperidine rings is 1. The maximum absolute atomic E-state index is 13.5. The highest BCUT2D eigenvalue weighted by Crippen LogP contribution is 2.21. The molecule has 132 valence electrons. The Morgan fingerprint density at radius 2 is 2.08 bits per heavy atom. The van der Waals surface area contributed by atoms with Crippen LogP contribution < -0.4 is 10.1 Å². The van der Waals surface area contributed by atoms with Crippen molar-refractivity contribution in [1.82, 2.24) is 9.88 Å². The van der Waals surface area contributed by atoms with Crippen LogP contribution in [0.4, 0.5) is 9.52 Å². The summed E-state index contributed by atoms with van der Waals surface area (Å²) < 4.78 is 18.7. The van der Waals surface area contributed by atoms with E-state index in [4.69, 9.17) is 4.74 Å². The molecule has 1 N–H and O–H groups in total. The summed E-state index contributed by atoms with van der Waals surface area (Å²) in [4.78, 5) is 30.0. The maximum Gasteiger partial charge on any atom is 0.260 e. The van der Waals surface area contributed by atoms with Crippen LogP contribution in [0.1, 0.15) is 12.8 Å². The van der Waals surface area contributed by atoms with Crippen molar-refractivity contribution in [2.24, 2.45) is 5.92 Å². The van der Waals surface area contributed by atoms with Gasteiger partial charge in [-0.25, -0.2) is 9.37 Å². The number of benzene rings is 1. The first kappa shape index (κ1) is 17.3. The van der Waals surface area contributed by atoms with Gasteiger partial charge < -0.3 is 15.0 Å². The molecule has 8 heteroatoms. The second kappa shape index (κ2) is 8.06. The van der Waals surface area contributed by atoms with Crippen molar-refractivity contribution in [3.63, 3.8) is 0 Å². The minimum atomic E-state index is -0.493. The van der Waals surface area contributed by atoms with E-state index in [0.717, 1.165) is 0 Å². The van der Waals surface area contributed by atoms with Crippen molar-refractivity contribution in [1.29, 1.82) is 0 Å². The molecule has 0 atom stereocenters. The quantitative estimate of drug-likeness (QED) is 0.886. The van der Waals surface area contributed by atoms with Crippen LogP contribution in [-0.4, -0.2) is 41.4 Å². The van der Waals surface area contributed by atoms with Crippen molar-refractivity contribution < 1.29 is 18.7 Å². The Morgan fingerprint density at radius 3 is 2.76 bits per heavy atom. The highest BCUT2D eigenvalue weighted by Gasteiger charge is 2.27. The van der Waals surface area contributed by atoms with Crippen LogP contribution in [0.25, 0.3) is 0 Å². The molecule has 0 bridgehead atoms. The van der Waals surface area contributed by atoms with Gasteiger partial charge in [0.2, 0.25) is 5.91 Å². The van der Waals surface area contributed by atoms with Crippen molar-refractivity contribution in [3.05, 3.63) is 41.7 Å². The number of thiazole rings is 1. The average molecular weight is 363 g/mol. The van der Waals surface area contributed by atoms with Crippen molar-refractivity contribution in [3.8, 4) is 5.75 Å². The molecular formula is C17H18FN3O3S. The fourth-order valence-electron chi connectivity index (χ4n) is 2.68. The van der Waals surface area contributed by atoms with Gasteiger partial charge in [-0.15, -0.1) is 11.3 Å². The van der Waals surface area contributed by atoms with E-state index in [0.29, 0.717) is 31.1 Å². The van der Waals surface area contributed by atoms with E-state index in [-0.39, 0.29) is 30.1 Å². The zero-order valence-electron chi connectivity index (χ0n) is 13.5. The Bertz CT molecular complexity index is 730. The summed E-state index contributed by atoms with van der Waals surface area (Å²) in [5.41, 5.74) is 0. The van der Waals surface area contributed by atoms with E-state index >= 15 is 0 Å². The standard InChI is InChI=1S/C17H18FN3O3S/c18-13-3-1-2-4-14(13)24-11-15(22)21-8-5-12(6-9-21)16(23)20-17-19-7-10-25-17/h1-4,7,10,12H,5-6,8-9,11H2,(H,19,20,23). The zero-order chi connectivity index (χ0) is 17.6. The summed E-state index contributed by atoms with van der Waals surface area (Å²) in [6, 6.07) is 5.98. The molecule has 6 nitrogen and oxygen atoms in total. The molecule has 1 saturated heterocycles. The number of anilines is 1. The molecule has 1 aliphatic heterocycles. The Balaban J connectivity index is 1.44. The van der Waals surface area contributed by atoms with E-state index in [1.54, 1.807) is 28.6 Å². The maximum atomic E-state index is 13.5. The highest BCUT2D eigenvalue weighted by atomic mass is 32.1. The molecule has 0 unspecified atom stereocenters. The minimum absolute atomic E-state index is 0.0635. The van der Waals surface area contributed by atoms with Gasteiger partial charge in [0, 0.05) is 30.6 Å². The Labute approximate surface area is 148 Å². The molecule has 1 aromatic carbocycles. The predicted octanol–water partition coefficient (Wildman–Crippen LogP) is 2.54. The largest absolute Gasteiger partial charge is 0.481 e. The van der Waals surface area contributed by atoms with Crippen LogP contribution in [0.15, 0.2) is 35.8 Å². The van der Waals surface area contributed by atoms with Crippen molar-refractivity contribution in [2.45, 2.75) is 12.8 Å². The Kier molecular flexibility index (Phi) is 5.60. The van der Waals surface area contributed by atoms with Gasteiger partial charge >= 0.3 is 0 Å². The zero-order valence-corrected chi connectivity index (χ0v) is 14.3. The molecule has 3 rings (SSSR count). The number of carbonyl (C=O) groups excluding carboxylic acids is 2. The molecule has 2 aromatic rings. The number of hydrogen-bond donors (Lipinski definition) is 1. The van der Waals surface area contributed by atoms with E-state index < -0.39 is 5.82 Å². The number of para-hydroxylation sites is 1. The molecule has 1 aromatic heterocycles. The number of carbonyl (C=O) groups is 2. The van der Waals surface area contributed by atoms with Gasteiger partial charge in [0.1, 0.15) is 0 Å². The average Bonchev–Trinajstić information content (AvgIpc) is 3.14. The number of rotatable bonds is 5. The van der Waals surface area contributed by atoms with E-state index in [9.17, 15) is 14.0 Å². The molecule has 0 aliphatic carbocycles. The number of nitrogens with zero attached hydrogens (tertiary/aromatic N) is 2. The summed E-state index contributed by atoms with van der Waals surface area (Å²) in [5.74, 6) is -0.839. The first-order valence-corrected chi connectivity index (χ1v) is 8.87. The minimum Gasteiger partial charge on any atom is -0.481 e. The SMILES string of the molecule is O=C(Nc1nccs1)C1CCN(C(=O)COc2ccccc2F)CC1. The van der Waals surface area contributed by atoms with Gasteiger partial charge in [-0.1, -0.05) is 12.1 Å². The molecule has 0 radical (unpaired) electrons. The fraction of sp³-hybridized carbons (Fsp3) is 0.353. The summed E-state index contributed by atoms with van der Waals surface area (Å²) >= 11 is 1.37. The normalized spacial score (nSPS) is 15.0. The molecule has 25 heavy (non-hydrogen) atoms. The molecule has 1 aliphatic rings. The van der Waals surface area contributed by atoms with E-state index in [1.807, 2.05) is 0 Å². The number of halogens is 1. The number of amides is 2. The van der Waals surface area contributed by atoms with E-state index in [2.05, 4.69) is 10.3 Å². The highest BCUT2D eigenvalue weighted by molar-refractivity contribution is 7.13. The van der Waals surface area contributed by atoms with Crippen molar-refractivity contribution >= 4 is 28.3 Å². The second-order valence-corrected chi connectivity index (χ2v) is 6.60. The number of hydrogen-bond acceptors (Lipinski definition) is 5. The molecule has 1 fully saturated rings. The number of nitrogens with one attached hydrogen (secondary N) is 1. The molecule has 0 saturated carbocycles. The van der Waals surface area contributed by atoms with Crippen molar-refractivity contribution in [2.75, 3.05) is 25.0 Å². The summed E-state index contributed by atoms with van der Waals surface area (Å²) in [6.07, 6.45) is 2.81. The molecule has 0 spiro atoms. The third kappa shape index (κ3) is 4.54. The van der Waals surface area contributed by atoms with Crippen LogP contribution in [-0.2, 0) is 9.59 Å². The lowest BCUT2D eigenvalue weighted by Gasteiger charge is -2.31. The third-order valence-corrected chi connectivity index (χ3v) is 4.76. The monoisotopic (exact) mass is 363 g/mol. The smallest absolute Gasteiger partial charge is 0.260 e. The molecule has 2 heterocycles. The van der Waals surface area contributed by atoms with Gasteiger partial charge in [0.05, 0.1) is 0 Å². The number of likely N-dealkylation sites (tertiary alicyclic amines) is 1. The number of ether oxygens (including phenoxy) is 1. The van der Waals surface area contributed by atoms with E-state index in [1.165, 1.54) is 23.5 Å². The van der Waals surface area contributed by atoms with Crippen LogP contribution in [0.2, 0.25) is 0 Å².